The Bertz CT molecular complexity index is 989. The summed E-state index contributed by atoms with van der Waals surface area (Å²) in [5.41, 5.74) is 1.27. The minimum atomic E-state index is -1.03. The van der Waals surface area contributed by atoms with Gasteiger partial charge < -0.3 is 24.4 Å². The second-order valence-corrected chi connectivity index (χ2v) is 7.06. The number of benzene rings is 2. The van der Waals surface area contributed by atoms with E-state index in [1.807, 2.05) is 0 Å². The lowest BCUT2D eigenvalue weighted by Crippen LogP contribution is -2.31. The van der Waals surface area contributed by atoms with Gasteiger partial charge in [-0.1, -0.05) is 12.1 Å². The van der Waals surface area contributed by atoms with Gasteiger partial charge in [0.05, 0.1) is 11.3 Å². The Hall–Kier alpha value is -3.55. The Morgan fingerprint density at radius 2 is 1.87 bits per heavy atom. The summed E-state index contributed by atoms with van der Waals surface area (Å²) in [6, 6.07) is 11.8. The van der Waals surface area contributed by atoms with Gasteiger partial charge in [0.1, 0.15) is 13.2 Å². The van der Waals surface area contributed by atoms with Gasteiger partial charge in [-0.25, -0.2) is 4.79 Å². The van der Waals surface area contributed by atoms with E-state index in [0.717, 1.165) is 6.42 Å². The van der Waals surface area contributed by atoms with Crippen LogP contribution in [0.15, 0.2) is 42.5 Å². The molecule has 1 atom stereocenters. The van der Waals surface area contributed by atoms with Gasteiger partial charge >= 0.3 is 5.97 Å². The van der Waals surface area contributed by atoms with Crippen molar-refractivity contribution in [1.29, 1.82) is 0 Å². The number of carbonyl (C=O) groups excluding carboxylic acids is 3. The van der Waals surface area contributed by atoms with Crippen molar-refractivity contribution < 1.29 is 28.6 Å². The molecular formula is C22H22N2O6. The van der Waals surface area contributed by atoms with Crippen LogP contribution in [0, 0.1) is 0 Å². The average molecular weight is 410 g/mol. The van der Waals surface area contributed by atoms with E-state index in [1.54, 1.807) is 47.4 Å². The number of rotatable bonds is 5. The zero-order valence-corrected chi connectivity index (χ0v) is 16.6. The van der Waals surface area contributed by atoms with E-state index < -0.39 is 18.0 Å². The first-order valence-electron chi connectivity index (χ1n) is 9.84. The molecule has 0 aliphatic carbocycles. The molecule has 0 radical (unpaired) electrons. The Balaban J connectivity index is 1.42. The number of anilines is 2. The summed E-state index contributed by atoms with van der Waals surface area (Å²) < 4.78 is 16.3. The summed E-state index contributed by atoms with van der Waals surface area (Å²) in [4.78, 5) is 38.9. The maximum Gasteiger partial charge on any atom is 0.341 e. The van der Waals surface area contributed by atoms with Crippen LogP contribution in [-0.2, 0) is 14.3 Å². The molecule has 8 nitrogen and oxygen atoms in total. The maximum atomic E-state index is 12.7. The molecule has 2 aliphatic heterocycles. The van der Waals surface area contributed by atoms with Crippen LogP contribution in [0.2, 0.25) is 0 Å². The van der Waals surface area contributed by atoms with Gasteiger partial charge in [-0.3, -0.25) is 9.59 Å². The minimum Gasteiger partial charge on any atom is -0.486 e. The summed E-state index contributed by atoms with van der Waals surface area (Å²) in [5.74, 6) is 0.00392. The number of hydrogen-bond donors (Lipinski definition) is 1. The zero-order valence-electron chi connectivity index (χ0n) is 16.6. The van der Waals surface area contributed by atoms with Crippen molar-refractivity contribution in [3.8, 4) is 11.5 Å². The van der Waals surface area contributed by atoms with Crippen molar-refractivity contribution in [2.24, 2.45) is 0 Å². The van der Waals surface area contributed by atoms with E-state index >= 15 is 0 Å². The molecule has 156 valence electrons. The fourth-order valence-electron chi connectivity index (χ4n) is 3.43. The Morgan fingerprint density at radius 3 is 2.63 bits per heavy atom. The summed E-state index contributed by atoms with van der Waals surface area (Å²) in [6.45, 7) is 2.98. The van der Waals surface area contributed by atoms with Crippen LogP contribution in [0.4, 0.5) is 11.4 Å². The molecule has 2 aliphatic rings. The molecule has 1 saturated heterocycles. The Labute approximate surface area is 173 Å². The number of esters is 1. The molecule has 8 heteroatoms. The smallest absolute Gasteiger partial charge is 0.341 e. The summed E-state index contributed by atoms with van der Waals surface area (Å²) in [5, 5.41) is 2.71. The second kappa shape index (κ2) is 8.44. The third-order valence-electron chi connectivity index (χ3n) is 4.95. The standard InChI is InChI=1S/C22H22N2O6/c1-14(21(26)23-15-8-9-18-19(13-15)29-12-11-28-18)30-22(27)16-5-2-3-6-17(16)24-10-4-7-20(24)25/h2-3,5-6,8-9,13-14H,4,7,10-12H2,1H3,(H,23,26)/t14-/m1/s1. The van der Waals surface area contributed by atoms with Gasteiger partial charge in [-0.05, 0) is 37.6 Å². The number of para-hydroxylation sites is 1. The normalized spacial score (nSPS) is 16.2. The quantitative estimate of drug-likeness (QED) is 0.762. The zero-order chi connectivity index (χ0) is 21.1. The van der Waals surface area contributed by atoms with Crippen LogP contribution in [0.1, 0.15) is 30.1 Å². The van der Waals surface area contributed by atoms with Gasteiger partial charge in [0.15, 0.2) is 17.6 Å². The van der Waals surface area contributed by atoms with Gasteiger partial charge in [0, 0.05) is 24.7 Å². The van der Waals surface area contributed by atoms with Crippen molar-refractivity contribution in [3.05, 3.63) is 48.0 Å². The van der Waals surface area contributed by atoms with Crippen LogP contribution in [0.25, 0.3) is 0 Å². The summed E-state index contributed by atoms with van der Waals surface area (Å²) in [7, 11) is 0. The SMILES string of the molecule is C[C@@H](OC(=O)c1ccccc1N1CCCC1=O)C(=O)Nc1ccc2c(c1)OCCO2. The first-order valence-corrected chi connectivity index (χ1v) is 9.84. The average Bonchev–Trinajstić information content (AvgIpc) is 3.19. The molecular weight excluding hydrogens is 388 g/mol. The molecule has 2 amide bonds. The van der Waals surface area contributed by atoms with Crippen molar-refractivity contribution >= 4 is 29.2 Å². The Morgan fingerprint density at radius 1 is 1.10 bits per heavy atom. The Kier molecular flexibility index (Phi) is 5.56. The first kappa shape index (κ1) is 19.8. The monoisotopic (exact) mass is 410 g/mol. The van der Waals surface area contributed by atoms with Crippen LogP contribution in [0.3, 0.4) is 0 Å². The van der Waals surface area contributed by atoms with Crippen LogP contribution < -0.4 is 19.7 Å². The van der Waals surface area contributed by atoms with Gasteiger partial charge in [-0.2, -0.15) is 0 Å². The fourth-order valence-corrected chi connectivity index (χ4v) is 3.43. The molecule has 0 saturated carbocycles. The molecule has 2 heterocycles. The van der Waals surface area contributed by atoms with E-state index in [1.165, 1.54) is 6.92 Å². The predicted octanol–water partition coefficient (Wildman–Crippen LogP) is 2.77. The number of amides is 2. The maximum absolute atomic E-state index is 12.7. The molecule has 0 aromatic heterocycles. The summed E-state index contributed by atoms with van der Waals surface area (Å²) in [6.07, 6.45) is 0.168. The number of nitrogens with one attached hydrogen (secondary N) is 1. The van der Waals surface area contributed by atoms with Gasteiger partial charge in [-0.15, -0.1) is 0 Å². The molecule has 0 unspecified atom stereocenters. The highest BCUT2D eigenvalue weighted by Crippen LogP contribution is 2.32. The molecule has 30 heavy (non-hydrogen) atoms. The molecule has 2 aromatic carbocycles. The topological polar surface area (TPSA) is 94.2 Å². The lowest BCUT2D eigenvalue weighted by Gasteiger charge is -2.21. The largest absolute Gasteiger partial charge is 0.486 e. The van der Waals surface area contributed by atoms with Crippen molar-refractivity contribution in [3.63, 3.8) is 0 Å². The molecule has 1 fully saturated rings. The molecule has 4 rings (SSSR count). The molecule has 1 N–H and O–H groups in total. The predicted molar refractivity (Wildman–Crippen MR) is 109 cm³/mol. The second-order valence-electron chi connectivity index (χ2n) is 7.06. The number of ether oxygens (including phenoxy) is 3. The van der Waals surface area contributed by atoms with E-state index in [0.29, 0.717) is 49.1 Å². The van der Waals surface area contributed by atoms with E-state index in [9.17, 15) is 14.4 Å². The van der Waals surface area contributed by atoms with Crippen LogP contribution in [0.5, 0.6) is 11.5 Å². The third-order valence-corrected chi connectivity index (χ3v) is 4.95. The number of hydrogen-bond acceptors (Lipinski definition) is 6. The fraction of sp³-hybridized carbons (Fsp3) is 0.318. The third kappa shape index (κ3) is 4.07. The number of fused-ring (bicyclic) bond motifs is 1. The molecule has 2 aromatic rings. The van der Waals surface area contributed by atoms with E-state index in [-0.39, 0.29) is 11.5 Å². The van der Waals surface area contributed by atoms with Crippen LogP contribution >= 0.6 is 0 Å². The van der Waals surface area contributed by atoms with Crippen LogP contribution in [-0.4, -0.2) is 43.6 Å². The van der Waals surface area contributed by atoms with Gasteiger partial charge in [0.2, 0.25) is 5.91 Å². The van der Waals surface area contributed by atoms with Crippen molar-refractivity contribution in [1.82, 2.24) is 0 Å². The van der Waals surface area contributed by atoms with E-state index in [4.69, 9.17) is 14.2 Å². The highest BCUT2D eigenvalue weighted by molar-refractivity contribution is 6.04. The van der Waals surface area contributed by atoms with Gasteiger partial charge in [0.25, 0.3) is 5.91 Å². The minimum absolute atomic E-state index is 0.0281. The number of carbonyl (C=O) groups is 3. The van der Waals surface area contributed by atoms with Crippen molar-refractivity contribution in [2.75, 3.05) is 30.0 Å². The highest BCUT2D eigenvalue weighted by Gasteiger charge is 2.27. The highest BCUT2D eigenvalue weighted by atomic mass is 16.6. The van der Waals surface area contributed by atoms with Crippen molar-refractivity contribution in [2.45, 2.75) is 25.9 Å². The summed E-state index contributed by atoms with van der Waals surface area (Å²) >= 11 is 0. The number of nitrogens with zero attached hydrogens (tertiary/aromatic N) is 1. The first-order chi connectivity index (χ1) is 14.5. The molecule has 0 spiro atoms. The lowest BCUT2D eigenvalue weighted by atomic mass is 10.1. The molecule has 0 bridgehead atoms. The van der Waals surface area contributed by atoms with E-state index in [2.05, 4.69) is 5.32 Å². The lowest BCUT2D eigenvalue weighted by molar-refractivity contribution is -0.123.